The summed E-state index contributed by atoms with van der Waals surface area (Å²) in [6.07, 6.45) is -4.27. The van der Waals surface area contributed by atoms with E-state index in [2.05, 4.69) is 16.6 Å². The van der Waals surface area contributed by atoms with Gasteiger partial charge in [0, 0.05) is 6.42 Å². The molecule has 0 aliphatic heterocycles. The third-order valence-electron chi connectivity index (χ3n) is 3.96. The highest BCUT2D eigenvalue weighted by Crippen LogP contribution is 2.36. The number of alkyl halides is 3. The summed E-state index contributed by atoms with van der Waals surface area (Å²) in [5.41, 5.74) is -1.21. The van der Waals surface area contributed by atoms with Crippen molar-refractivity contribution in [1.82, 2.24) is 0 Å². The van der Waals surface area contributed by atoms with E-state index in [9.17, 15) is 32.7 Å². The van der Waals surface area contributed by atoms with E-state index in [1.54, 1.807) is 5.32 Å². The lowest BCUT2D eigenvalue weighted by Crippen LogP contribution is -2.30. The molecule has 0 aliphatic rings. The minimum atomic E-state index is -5.24. The van der Waals surface area contributed by atoms with Crippen LogP contribution in [0.5, 0.6) is 11.5 Å². The molecule has 0 saturated heterocycles. The molecule has 2 N–H and O–H groups in total. The van der Waals surface area contributed by atoms with Crippen LogP contribution in [0.3, 0.4) is 0 Å². The maximum Gasteiger partial charge on any atom is 0.471 e. The summed E-state index contributed by atoms with van der Waals surface area (Å²) < 4.78 is 48.9. The molecule has 7 nitrogen and oxygen atoms in total. The predicted molar refractivity (Wildman–Crippen MR) is 108 cm³/mol. The number of carbonyl (C=O) groups is 3. The van der Waals surface area contributed by atoms with Crippen molar-refractivity contribution in [3.05, 3.63) is 53.1 Å². The van der Waals surface area contributed by atoms with Gasteiger partial charge in [-0.3, -0.25) is 4.79 Å². The number of benzene rings is 2. The lowest BCUT2D eigenvalue weighted by Gasteiger charge is -2.17. The Labute approximate surface area is 181 Å². The Morgan fingerprint density at radius 2 is 1.88 bits per heavy atom. The van der Waals surface area contributed by atoms with Crippen molar-refractivity contribution in [1.29, 1.82) is 0 Å². The number of esters is 1. The largest absolute Gasteiger partial charge is 0.478 e. The van der Waals surface area contributed by atoms with Gasteiger partial charge < -0.3 is 19.9 Å². The van der Waals surface area contributed by atoms with Crippen LogP contribution >= 0.6 is 0 Å². The Bertz CT molecular complexity index is 1100. The second kappa shape index (κ2) is 10.3. The minimum Gasteiger partial charge on any atom is -0.478 e. The molecule has 0 atom stereocenters. The Kier molecular flexibility index (Phi) is 7.85. The molecule has 168 valence electrons. The van der Waals surface area contributed by atoms with E-state index in [0.717, 1.165) is 12.1 Å². The van der Waals surface area contributed by atoms with E-state index in [1.807, 2.05) is 6.92 Å². The SMILES string of the molecule is CCCC#Cc1c(C(=O)O)ccc(Oc2cccc(C(=O)OC)c2)c1NC(=O)C(F)(F)F. The number of aromatic carboxylic acids is 1. The first kappa shape index (κ1) is 24.3. The van der Waals surface area contributed by atoms with Crippen LogP contribution in [0.4, 0.5) is 18.9 Å². The molecular formula is C22H18F3NO6. The standard InChI is InChI=1S/C22H18F3NO6/c1-3-4-5-9-15-16(19(27)28)10-11-17(18(15)26-21(30)22(23,24)25)32-14-8-6-7-13(12-14)20(29)31-2/h6-8,10-12H,3-4H2,1-2H3,(H,26,30)(H,27,28). The minimum absolute atomic E-state index is 0.0333. The molecule has 0 spiro atoms. The zero-order valence-corrected chi connectivity index (χ0v) is 17.0. The van der Waals surface area contributed by atoms with E-state index in [-0.39, 0.29) is 22.6 Å². The summed E-state index contributed by atoms with van der Waals surface area (Å²) in [5.74, 6) is 0.464. The first-order chi connectivity index (χ1) is 15.1. The number of hydrogen-bond donors (Lipinski definition) is 2. The number of carboxylic acids is 1. The first-order valence-electron chi connectivity index (χ1n) is 9.22. The molecule has 2 rings (SSSR count). The van der Waals surface area contributed by atoms with Crippen LogP contribution in [0.2, 0.25) is 0 Å². The zero-order valence-electron chi connectivity index (χ0n) is 17.0. The molecule has 1 amide bonds. The fourth-order valence-electron chi connectivity index (χ4n) is 2.49. The quantitative estimate of drug-likeness (QED) is 0.493. The van der Waals surface area contributed by atoms with Crippen molar-refractivity contribution in [2.24, 2.45) is 0 Å². The van der Waals surface area contributed by atoms with Crippen molar-refractivity contribution in [2.45, 2.75) is 25.9 Å². The average Bonchev–Trinajstić information content (AvgIpc) is 2.74. The van der Waals surface area contributed by atoms with E-state index >= 15 is 0 Å². The number of rotatable bonds is 6. The number of amides is 1. The summed E-state index contributed by atoms with van der Waals surface area (Å²) in [4.78, 5) is 35.0. The first-order valence-corrected chi connectivity index (χ1v) is 9.22. The van der Waals surface area contributed by atoms with Gasteiger partial charge in [-0.15, -0.1) is 0 Å². The Morgan fingerprint density at radius 3 is 2.47 bits per heavy atom. The fourth-order valence-corrected chi connectivity index (χ4v) is 2.49. The van der Waals surface area contributed by atoms with Crippen molar-refractivity contribution < 1.29 is 42.1 Å². The predicted octanol–water partition coefficient (Wildman–Crippen LogP) is 4.62. The Morgan fingerprint density at radius 1 is 1.16 bits per heavy atom. The molecule has 0 bridgehead atoms. The topological polar surface area (TPSA) is 102 Å². The maximum absolute atomic E-state index is 12.9. The number of hydrogen-bond acceptors (Lipinski definition) is 5. The average molecular weight is 449 g/mol. The third kappa shape index (κ3) is 6.01. The van der Waals surface area contributed by atoms with E-state index < -0.39 is 35.3 Å². The summed E-state index contributed by atoms with van der Waals surface area (Å²) in [6, 6.07) is 7.75. The van der Waals surface area contributed by atoms with Crippen LogP contribution in [0.1, 0.15) is 46.0 Å². The number of methoxy groups -OCH3 is 1. The number of anilines is 1. The van der Waals surface area contributed by atoms with Crippen LogP contribution in [0, 0.1) is 11.8 Å². The summed E-state index contributed by atoms with van der Waals surface area (Å²) >= 11 is 0. The summed E-state index contributed by atoms with van der Waals surface area (Å²) in [5, 5.41) is 11.1. The molecule has 2 aromatic carbocycles. The van der Waals surface area contributed by atoms with Crippen LogP contribution in [-0.2, 0) is 9.53 Å². The lowest BCUT2D eigenvalue weighted by molar-refractivity contribution is -0.167. The van der Waals surface area contributed by atoms with Gasteiger partial charge in [0.2, 0.25) is 0 Å². The fraction of sp³-hybridized carbons (Fsp3) is 0.227. The molecule has 0 unspecified atom stereocenters. The molecule has 32 heavy (non-hydrogen) atoms. The zero-order chi connectivity index (χ0) is 23.9. The van der Waals surface area contributed by atoms with Gasteiger partial charge in [-0.25, -0.2) is 9.59 Å². The Balaban J connectivity index is 2.65. The van der Waals surface area contributed by atoms with Gasteiger partial charge in [0.1, 0.15) is 11.4 Å². The molecule has 10 heteroatoms. The number of carboxylic acid groups (broad SMARTS) is 1. The molecule has 0 fully saturated rings. The molecule has 0 radical (unpaired) electrons. The van der Waals surface area contributed by atoms with E-state index in [4.69, 9.17) is 4.74 Å². The van der Waals surface area contributed by atoms with Gasteiger partial charge in [-0.05, 0) is 36.8 Å². The van der Waals surface area contributed by atoms with Gasteiger partial charge in [0.15, 0.2) is 5.75 Å². The van der Waals surface area contributed by atoms with Gasteiger partial charge >= 0.3 is 24.0 Å². The van der Waals surface area contributed by atoms with Gasteiger partial charge in [0.05, 0.1) is 23.8 Å². The van der Waals surface area contributed by atoms with E-state index in [0.29, 0.717) is 12.8 Å². The number of nitrogens with one attached hydrogen (secondary N) is 1. The van der Waals surface area contributed by atoms with Crippen LogP contribution in [0.25, 0.3) is 0 Å². The van der Waals surface area contributed by atoms with Crippen LogP contribution in [-0.4, -0.2) is 36.2 Å². The van der Waals surface area contributed by atoms with Crippen LogP contribution in [0.15, 0.2) is 36.4 Å². The molecule has 0 aromatic heterocycles. The highest BCUT2D eigenvalue weighted by atomic mass is 19.4. The molecular weight excluding hydrogens is 431 g/mol. The Hall–Kier alpha value is -4.00. The molecule has 2 aromatic rings. The summed E-state index contributed by atoms with van der Waals surface area (Å²) in [6.45, 7) is 1.81. The van der Waals surface area contributed by atoms with Crippen LogP contribution < -0.4 is 10.1 Å². The molecule has 0 aliphatic carbocycles. The smallest absolute Gasteiger partial charge is 0.471 e. The molecule has 0 heterocycles. The normalized spacial score (nSPS) is 10.5. The van der Waals surface area contributed by atoms with Gasteiger partial charge in [0.25, 0.3) is 0 Å². The summed E-state index contributed by atoms with van der Waals surface area (Å²) in [7, 11) is 1.17. The third-order valence-corrected chi connectivity index (χ3v) is 3.96. The second-order valence-electron chi connectivity index (χ2n) is 6.29. The van der Waals surface area contributed by atoms with Crippen molar-refractivity contribution >= 4 is 23.5 Å². The molecule has 0 saturated carbocycles. The maximum atomic E-state index is 12.9. The monoisotopic (exact) mass is 449 g/mol. The lowest BCUT2D eigenvalue weighted by atomic mass is 10.0. The second-order valence-corrected chi connectivity index (χ2v) is 6.29. The van der Waals surface area contributed by atoms with Gasteiger partial charge in [-0.1, -0.05) is 24.8 Å². The van der Waals surface area contributed by atoms with Crippen molar-refractivity contribution in [2.75, 3.05) is 12.4 Å². The highest BCUT2D eigenvalue weighted by Gasteiger charge is 2.39. The van der Waals surface area contributed by atoms with E-state index in [1.165, 1.54) is 31.4 Å². The van der Waals surface area contributed by atoms with Crippen molar-refractivity contribution in [3.63, 3.8) is 0 Å². The van der Waals surface area contributed by atoms with Gasteiger partial charge in [-0.2, -0.15) is 13.2 Å². The van der Waals surface area contributed by atoms with Crippen molar-refractivity contribution in [3.8, 4) is 23.3 Å². The number of carbonyl (C=O) groups excluding carboxylic acids is 2. The number of halogens is 3. The number of ether oxygens (including phenoxy) is 2. The highest BCUT2D eigenvalue weighted by molar-refractivity contribution is 6.01. The number of unbranched alkanes of at least 4 members (excludes halogenated alkanes) is 1.